The van der Waals surface area contributed by atoms with Gasteiger partial charge in [0, 0.05) is 30.0 Å². The maximum absolute atomic E-state index is 12.9. The molecule has 10 nitrogen and oxygen atoms in total. The second kappa shape index (κ2) is 10.3. The number of nitrogens with zero attached hydrogens (tertiary/aromatic N) is 4. The summed E-state index contributed by atoms with van der Waals surface area (Å²) in [4.78, 5) is 31.3. The van der Waals surface area contributed by atoms with Gasteiger partial charge in [0.25, 0.3) is 5.91 Å². The third-order valence-electron chi connectivity index (χ3n) is 5.96. The molecule has 0 saturated heterocycles. The second-order valence-electron chi connectivity index (χ2n) is 8.69. The number of rotatable bonds is 8. The van der Waals surface area contributed by atoms with Crippen LogP contribution in [0.1, 0.15) is 28.6 Å². The minimum Gasteiger partial charge on any atom is -0.359 e. The molecule has 1 unspecified atom stereocenters. The van der Waals surface area contributed by atoms with Crippen LogP contribution in [0.3, 0.4) is 0 Å². The lowest BCUT2D eigenvalue weighted by Gasteiger charge is -2.19. The van der Waals surface area contributed by atoms with E-state index in [1.54, 1.807) is 35.2 Å². The number of amides is 1. The Morgan fingerprint density at radius 1 is 1.14 bits per heavy atom. The maximum atomic E-state index is 12.9. The minimum atomic E-state index is -3.37. The zero-order chi connectivity index (χ0) is 26.2. The number of hydrogen-bond donors (Lipinski definition) is 3. The molecular weight excluding hydrogens is 537 g/mol. The number of halogens is 2. The van der Waals surface area contributed by atoms with Gasteiger partial charge in [-0.2, -0.15) is 0 Å². The van der Waals surface area contributed by atoms with Crippen LogP contribution >= 0.6 is 23.2 Å². The van der Waals surface area contributed by atoms with Crippen molar-refractivity contribution in [3.05, 3.63) is 70.2 Å². The predicted octanol–water partition coefficient (Wildman–Crippen LogP) is 3.92. The first-order chi connectivity index (χ1) is 17.7. The molecule has 0 fully saturated rings. The van der Waals surface area contributed by atoms with E-state index in [2.05, 4.69) is 30.0 Å². The lowest BCUT2D eigenvalue weighted by molar-refractivity contribution is 0.0800. The molecule has 5 rings (SSSR count). The molecule has 13 heteroatoms. The molecule has 0 bridgehead atoms. The Balaban J connectivity index is 1.49. The third kappa shape index (κ3) is 5.69. The SMILES string of the molecule is CS(=O)(=O)NCCC(Nc1ncnc2cc(C(=O)N3CC=CC3)c(Cl)cc12)c1nc2ccc(Cl)cc2[nH]1. The molecule has 2 aromatic carbocycles. The summed E-state index contributed by atoms with van der Waals surface area (Å²) in [6, 6.07) is 8.20. The molecule has 3 N–H and O–H groups in total. The van der Waals surface area contributed by atoms with Gasteiger partial charge in [0.05, 0.1) is 39.4 Å². The van der Waals surface area contributed by atoms with Gasteiger partial charge in [-0.05, 0) is 36.8 Å². The molecule has 1 aliphatic heterocycles. The van der Waals surface area contributed by atoms with Crippen molar-refractivity contribution in [2.75, 3.05) is 31.2 Å². The molecular formula is C24H23Cl2N7O3S. The Labute approximate surface area is 223 Å². The number of aromatic nitrogens is 4. The van der Waals surface area contributed by atoms with Gasteiger partial charge in [-0.25, -0.2) is 28.1 Å². The number of carbonyl (C=O) groups is 1. The number of benzene rings is 2. The van der Waals surface area contributed by atoms with Crippen LogP contribution in [0.25, 0.3) is 21.9 Å². The van der Waals surface area contributed by atoms with E-state index in [4.69, 9.17) is 23.2 Å². The van der Waals surface area contributed by atoms with Crippen molar-refractivity contribution in [3.63, 3.8) is 0 Å². The molecule has 0 radical (unpaired) electrons. The molecule has 3 heterocycles. The van der Waals surface area contributed by atoms with Gasteiger partial charge in [-0.1, -0.05) is 35.4 Å². The normalized spacial score (nSPS) is 14.5. The van der Waals surface area contributed by atoms with Gasteiger partial charge < -0.3 is 15.2 Å². The Hall–Kier alpha value is -3.25. The fourth-order valence-corrected chi connectivity index (χ4v) is 5.07. The maximum Gasteiger partial charge on any atom is 0.256 e. The number of nitrogens with one attached hydrogen (secondary N) is 3. The molecule has 2 aromatic heterocycles. The number of hydrogen-bond acceptors (Lipinski definition) is 7. The van der Waals surface area contributed by atoms with E-state index in [1.165, 1.54) is 6.33 Å². The Kier molecular flexibility index (Phi) is 7.04. The summed E-state index contributed by atoms with van der Waals surface area (Å²) in [5.74, 6) is 0.881. The van der Waals surface area contributed by atoms with Crippen molar-refractivity contribution < 1.29 is 13.2 Å². The molecule has 0 saturated carbocycles. The molecule has 1 aliphatic rings. The molecule has 192 valence electrons. The van der Waals surface area contributed by atoms with E-state index in [1.807, 2.05) is 12.2 Å². The van der Waals surface area contributed by atoms with Crippen LogP contribution in [0.4, 0.5) is 5.82 Å². The average Bonchev–Trinajstić information content (AvgIpc) is 3.52. The molecule has 4 aromatic rings. The summed E-state index contributed by atoms with van der Waals surface area (Å²) in [5, 5.41) is 4.82. The zero-order valence-corrected chi connectivity index (χ0v) is 22.0. The number of aromatic amines is 1. The van der Waals surface area contributed by atoms with Crippen LogP contribution < -0.4 is 10.0 Å². The first-order valence-electron chi connectivity index (χ1n) is 11.4. The molecule has 0 spiro atoms. The summed E-state index contributed by atoms with van der Waals surface area (Å²) in [7, 11) is -3.37. The van der Waals surface area contributed by atoms with Crippen LogP contribution in [0.15, 0.2) is 48.8 Å². The zero-order valence-electron chi connectivity index (χ0n) is 19.7. The van der Waals surface area contributed by atoms with Crippen molar-refractivity contribution in [2.45, 2.75) is 12.5 Å². The topological polar surface area (TPSA) is 133 Å². The van der Waals surface area contributed by atoms with Crippen LogP contribution in [0.2, 0.25) is 10.0 Å². The Morgan fingerprint density at radius 2 is 1.92 bits per heavy atom. The van der Waals surface area contributed by atoms with Crippen molar-refractivity contribution in [1.29, 1.82) is 0 Å². The highest BCUT2D eigenvalue weighted by atomic mass is 35.5. The van der Waals surface area contributed by atoms with Crippen LogP contribution in [0.5, 0.6) is 0 Å². The quantitative estimate of drug-likeness (QED) is 0.278. The summed E-state index contributed by atoms with van der Waals surface area (Å²) >= 11 is 12.7. The largest absolute Gasteiger partial charge is 0.359 e. The highest BCUT2D eigenvalue weighted by Crippen LogP contribution is 2.31. The Bertz CT molecular complexity index is 1630. The highest BCUT2D eigenvalue weighted by molar-refractivity contribution is 7.88. The molecule has 37 heavy (non-hydrogen) atoms. The number of imidazole rings is 1. The van der Waals surface area contributed by atoms with Gasteiger partial charge in [0.1, 0.15) is 18.0 Å². The predicted molar refractivity (Wildman–Crippen MR) is 145 cm³/mol. The van der Waals surface area contributed by atoms with Gasteiger partial charge >= 0.3 is 0 Å². The third-order valence-corrected chi connectivity index (χ3v) is 7.24. The van der Waals surface area contributed by atoms with Crippen LogP contribution in [-0.4, -0.2) is 65.1 Å². The summed E-state index contributed by atoms with van der Waals surface area (Å²) in [6.45, 7) is 1.24. The van der Waals surface area contributed by atoms with Crippen molar-refractivity contribution in [3.8, 4) is 0 Å². The van der Waals surface area contributed by atoms with E-state index in [9.17, 15) is 13.2 Å². The van der Waals surface area contributed by atoms with E-state index < -0.39 is 16.1 Å². The van der Waals surface area contributed by atoms with Crippen molar-refractivity contribution in [1.82, 2.24) is 29.6 Å². The lowest BCUT2D eigenvalue weighted by Crippen LogP contribution is -2.28. The fourth-order valence-electron chi connectivity index (χ4n) is 4.17. The summed E-state index contributed by atoms with van der Waals surface area (Å²) < 4.78 is 25.8. The molecule has 1 atom stereocenters. The smallest absolute Gasteiger partial charge is 0.256 e. The highest BCUT2D eigenvalue weighted by Gasteiger charge is 2.22. The first kappa shape index (κ1) is 25.4. The number of anilines is 1. The first-order valence-corrected chi connectivity index (χ1v) is 14.1. The van der Waals surface area contributed by atoms with Gasteiger partial charge in [0.2, 0.25) is 10.0 Å². The van der Waals surface area contributed by atoms with E-state index in [0.29, 0.717) is 52.6 Å². The number of fused-ring (bicyclic) bond motifs is 2. The van der Waals surface area contributed by atoms with Gasteiger partial charge in [0.15, 0.2) is 0 Å². The standard InChI is InChI=1S/C24H23Cl2N7O3S/c1-37(35,36)29-7-6-19(23-30-18-5-4-14(25)10-21(18)32-23)31-22-16-11-17(26)15(12-20(16)27-13-28-22)24(34)33-8-2-3-9-33/h2-5,10-13,19,29H,6-9H2,1H3,(H,30,32)(H,27,28,31). The van der Waals surface area contributed by atoms with Crippen LogP contribution in [-0.2, 0) is 10.0 Å². The fraction of sp³-hybridized carbons (Fsp3) is 0.250. The summed E-state index contributed by atoms with van der Waals surface area (Å²) in [6.07, 6.45) is 6.73. The van der Waals surface area contributed by atoms with Gasteiger partial charge in [-0.3, -0.25) is 4.79 Å². The Morgan fingerprint density at radius 3 is 2.68 bits per heavy atom. The van der Waals surface area contributed by atoms with Crippen LogP contribution in [0, 0.1) is 0 Å². The average molecular weight is 560 g/mol. The molecule has 0 aliphatic carbocycles. The second-order valence-corrected chi connectivity index (χ2v) is 11.4. The van der Waals surface area contributed by atoms with Crippen molar-refractivity contribution >= 4 is 66.9 Å². The van der Waals surface area contributed by atoms with E-state index in [-0.39, 0.29) is 17.5 Å². The lowest BCUT2D eigenvalue weighted by atomic mass is 10.1. The molecule has 1 amide bonds. The van der Waals surface area contributed by atoms with E-state index >= 15 is 0 Å². The van der Waals surface area contributed by atoms with E-state index in [0.717, 1.165) is 17.3 Å². The minimum absolute atomic E-state index is 0.167. The monoisotopic (exact) mass is 559 g/mol. The van der Waals surface area contributed by atoms with Crippen molar-refractivity contribution in [2.24, 2.45) is 0 Å². The van der Waals surface area contributed by atoms with Gasteiger partial charge in [-0.15, -0.1) is 0 Å². The number of H-pyrrole nitrogens is 1. The summed E-state index contributed by atoms with van der Waals surface area (Å²) in [5.41, 5.74) is 2.38. The number of sulfonamides is 1. The number of carbonyl (C=O) groups excluding carboxylic acids is 1.